The van der Waals surface area contributed by atoms with Gasteiger partial charge in [0.1, 0.15) is 11.3 Å². The Hall–Kier alpha value is -2.89. The molecule has 0 atom stereocenters. The standard InChI is InChI=1S/C23H30N2O4/c1-15(2)19-10-7-11-20(16(3)4)21(19)29-22(26)18-9-8-12-25(13-18)14-28-23(27)24-17(5)6/h7-13,15-17H,14H2,1-6H3/p+1. The van der Waals surface area contributed by atoms with Crippen molar-refractivity contribution in [2.75, 3.05) is 0 Å². The summed E-state index contributed by atoms with van der Waals surface area (Å²) in [7, 11) is 0. The van der Waals surface area contributed by atoms with Crippen molar-refractivity contribution in [1.29, 1.82) is 0 Å². The number of nitrogens with zero attached hydrogens (tertiary/aromatic N) is 1. The third-order valence-electron chi connectivity index (χ3n) is 4.36. The van der Waals surface area contributed by atoms with Crippen LogP contribution in [-0.2, 0) is 11.5 Å². The highest BCUT2D eigenvalue weighted by atomic mass is 16.6. The maximum Gasteiger partial charge on any atom is 0.412 e. The van der Waals surface area contributed by atoms with E-state index in [1.165, 1.54) is 0 Å². The first kappa shape index (κ1) is 22.4. The lowest BCUT2D eigenvalue weighted by Crippen LogP contribution is -2.40. The summed E-state index contributed by atoms with van der Waals surface area (Å²) < 4.78 is 12.6. The van der Waals surface area contributed by atoms with Gasteiger partial charge in [0.2, 0.25) is 0 Å². The van der Waals surface area contributed by atoms with E-state index in [9.17, 15) is 9.59 Å². The van der Waals surface area contributed by atoms with Crippen molar-refractivity contribution in [2.45, 2.75) is 66.2 Å². The maximum atomic E-state index is 12.8. The van der Waals surface area contributed by atoms with E-state index >= 15 is 0 Å². The molecule has 6 heteroatoms. The van der Waals surface area contributed by atoms with Crippen LogP contribution >= 0.6 is 0 Å². The Morgan fingerprint density at radius 3 is 2.14 bits per heavy atom. The van der Waals surface area contributed by atoms with E-state index in [1.54, 1.807) is 29.1 Å². The first-order valence-corrected chi connectivity index (χ1v) is 9.96. The van der Waals surface area contributed by atoms with Crippen molar-refractivity contribution >= 4 is 12.1 Å². The molecule has 0 aliphatic rings. The normalized spacial score (nSPS) is 11.1. The summed E-state index contributed by atoms with van der Waals surface area (Å²) in [5, 5.41) is 2.65. The molecule has 0 aliphatic heterocycles. The highest BCUT2D eigenvalue weighted by molar-refractivity contribution is 5.90. The maximum absolute atomic E-state index is 12.8. The van der Waals surface area contributed by atoms with Gasteiger partial charge in [-0.25, -0.2) is 9.59 Å². The lowest BCUT2D eigenvalue weighted by molar-refractivity contribution is -0.727. The Morgan fingerprint density at radius 2 is 1.59 bits per heavy atom. The summed E-state index contributed by atoms with van der Waals surface area (Å²) >= 11 is 0. The second-order valence-electron chi connectivity index (χ2n) is 7.93. The molecular formula is C23H31N2O4+. The summed E-state index contributed by atoms with van der Waals surface area (Å²) in [5.41, 5.74) is 2.39. The molecular weight excluding hydrogens is 368 g/mol. The molecule has 0 unspecified atom stereocenters. The van der Waals surface area contributed by atoms with Crippen LogP contribution in [0, 0.1) is 0 Å². The lowest BCUT2D eigenvalue weighted by atomic mass is 9.94. The average Bonchev–Trinajstić information content (AvgIpc) is 2.65. The molecule has 1 amide bonds. The van der Waals surface area contributed by atoms with Gasteiger partial charge < -0.3 is 14.8 Å². The lowest BCUT2D eigenvalue weighted by Gasteiger charge is -2.18. The molecule has 0 aliphatic carbocycles. The smallest absolute Gasteiger partial charge is 0.412 e. The van der Waals surface area contributed by atoms with E-state index in [2.05, 4.69) is 33.0 Å². The predicted octanol–water partition coefficient (Wildman–Crippen LogP) is 4.53. The van der Waals surface area contributed by atoms with Crippen molar-refractivity contribution in [2.24, 2.45) is 0 Å². The second-order valence-corrected chi connectivity index (χ2v) is 7.93. The summed E-state index contributed by atoms with van der Waals surface area (Å²) in [6.07, 6.45) is 2.83. The number of alkyl carbamates (subject to hydrolysis) is 1. The van der Waals surface area contributed by atoms with Gasteiger partial charge in [0.15, 0.2) is 12.4 Å². The number of nitrogens with one attached hydrogen (secondary N) is 1. The van der Waals surface area contributed by atoms with E-state index in [1.807, 2.05) is 32.0 Å². The van der Waals surface area contributed by atoms with Crippen molar-refractivity contribution in [3.05, 3.63) is 59.4 Å². The van der Waals surface area contributed by atoms with Crippen LogP contribution in [0.25, 0.3) is 0 Å². The number of hydrogen-bond donors (Lipinski definition) is 1. The monoisotopic (exact) mass is 399 g/mol. The number of benzene rings is 1. The van der Waals surface area contributed by atoms with Gasteiger partial charge in [0.05, 0.1) is 0 Å². The molecule has 1 N–H and O–H groups in total. The summed E-state index contributed by atoms with van der Waals surface area (Å²) in [6, 6.07) is 9.37. The van der Waals surface area contributed by atoms with Crippen molar-refractivity contribution in [3.63, 3.8) is 0 Å². The number of carbonyl (C=O) groups excluding carboxylic acids is 2. The Balaban J connectivity index is 2.19. The number of carbonyl (C=O) groups is 2. The van der Waals surface area contributed by atoms with Gasteiger partial charge in [-0.05, 0) is 42.9 Å². The van der Waals surface area contributed by atoms with Crippen LogP contribution in [0.1, 0.15) is 74.9 Å². The first-order valence-electron chi connectivity index (χ1n) is 9.96. The van der Waals surface area contributed by atoms with Crippen LogP contribution in [0.2, 0.25) is 0 Å². The van der Waals surface area contributed by atoms with E-state index in [0.29, 0.717) is 11.3 Å². The average molecular weight is 400 g/mol. The molecule has 0 spiro atoms. The van der Waals surface area contributed by atoms with Gasteiger partial charge >= 0.3 is 12.1 Å². The molecule has 1 heterocycles. The highest BCUT2D eigenvalue weighted by Crippen LogP contribution is 2.34. The molecule has 156 valence electrons. The zero-order valence-corrected chi connectivity index (χ0v) is 18.1. The van der Waals surface area contributed by atoms with Crippen molar-refractivity contribution in [1.82, 2.24) is 5.32 Å². The number of ether oxygens (including phenoxy) is 2. The zero-order valence-electron chi connectivity index (χ0n) is 18.1. The minimum atomic E-state index is -0.507. The number of aromatic nitrogens is 1. The minimum absolute atomic E-state index is 0.000498. The van der Waals surface area contributed by atoms with Crippen LogP contribution in [0.4, 0.5) is 4.79 Å². The fourth-order valence-electron chi connectivity index (χ4n) is 2.89. The molecule has 1 aromatic carbocycles. The summed E-state index contributed by atoms with van der Waals surface area (Å²) in [6.45, 7) is 12.0. The van der Waals surface area contributed by atoms with Gasteiger partial charge in [0.25, 0.3) is 6.73 Å². The van der Waals surface area contributed by atoms with Crippen LogP contribution in [0.3, 0.4) is 0 Å². The number of esters is 1. The molecule has 0 radical (unpaired) electrons. The number of para-hydroxylation sites is 1. The Morgan fingerprint density at radius 1 is 0.966 bits per heavy atom. The predicted molar refractivity (Wildman–Crippen MR) is 111 cm³/mol. The van der Waals surface area contributed by atoms with Crippen molar-refractivity contribution < 1.29 is 23.6 Å². The molecule has 0 fully saturated rings. The quantitative estimate of drug-likeness (QED) is 0.422. The van der Waals surface area contributed by atoms with Crippen LogP contribution in [-0.4, -0.2) is 18.1 Å². The summed E-state index contributed by atoms with van der Waals surface area (Å²) in [5.74, 6) is 0.640. The van der Waals surface area contributed by atoms with E-state index in [-0.39, 0.29) is 24.6 Å². The van der Waals surface area contributed by atoms with E-state index in [0.717, 1.165) is 11.1 Å². The van der Waals surface area contributed by atoms with Gasteiger partial charge in [-0.2, -0.15) is 4.57 Å². The molecule has 0 saturated heterocycles. The van der Waals surface area contributed by atoms with Gasteiger partial charge in [0, 0.05) is 12.1 Å². The Labute approximate surface area is 172 Å². The van der Waals surface area contributed by atoms with Crippen LogP contribution in [0.15, 0.2) is 42.7 Å². The Bertz CT molecular complexity index is 833. The largest absolute Gasteiger partial charge is 0.422 e. The zero-order chi connectivity index (χ0) is 21.6. The summed E-state index contributed by atoms with van der Waals surface area (Å²) in [4.78, 5) is 24.5. The number of amides is 1. The molecule has 6 nitrogen and oxygen atoms in total. The molecule has 1 aromatic heterocycles. The molecule has 2 rings (SSSR count). The van der Waals surface area contributed by atoms with Crippen LogP contribution in [0.5, 0.6) is 5.75 Å². The minimum Gasteiger partial charge on any atom is -0.422 e. The molecule has 0 saturated carbocycles. The number of hydrogen-bond acceptors (Lipinski definition) is 4. The van der Waals surface area contributed by atoms with E-state index in [4.69, 9.17) is 9.47 Å². The fourth-order valence-corrected chi connectivity index (χ4v) is 2.89. The van der Waals surface area contributed by atoms with Gasteiger partial charge in [-0.1, -0.05) is 45.9 Å². The second kappa shape index (κ2) is 10.0. The Kier molecular flexibility index (Phi) is 7.76. The molecule has 29 heavy (non-hydrogen) atoms. The molecule has 0 bridgehead atoms. The van der Waals surface area contributed by atoms with Gasteiger partial charge in [-0.3, -0.25) is 0 Å². The van der Waals surface area contributed by atoms with Crippen LogP contribution < -0.4 is 14.6 Å². The van der Waals surface area contributed by atoms with Crippen molar-refractivity contribution in [3.8, 4) is 5.75 Å². The third-order valence-corrected chi connectivity index (χ3v) is 4.36. The van der Waals surface area contributed by atoms with E-state index < -0.39 is 12.1 Å². The highest BCUT2D eigenvalue weighted by Gasteiger charge is 2.20. The molecule has 2 aromatic rings. The van der Waals surface area contributed by atoms with Gasteiger partial charge in [-0.15, -0.1) is 0 Å². The first-order chi connectivity index (χ1) is 13.7. The SMILES string of the molecule is CC(C)NC(=O)OC[n+]1cccc(C(=O)Oc2c(C(C)C)cccc2C(C)C)c1. The number of pyridine rings is 1. The third kappa shape index (κ3) is 6.31. The fraction of sp³-hybridized carbons (Fsp3) is 0.435. The topological polar surface area (TPSA) is 68.5 Å². The number of rotatable bonds is 7.